The Morgan fingerprint density at radius 1 is 1.40 bits per heavy atom. The van der Waals surface area contributed by atoms with Gasteiger partial charge >= 0.3 is 6.09 Å². The molecule has 0 saturated heterocycles. The van der Waals surface area contributed by atoms with Gasteiger partial charge in [-0.05, 0) is 5.56 Å². The second-order valence-electron chi connectivity index (χ2n) is 2.88. The largest absolute Gasteiger partial charge is 0.443 e. The predicted octanol–water partition coefficient (Wildman–Crippen LogP) is 2.97. The van der Waals surface area contributed by atoms with Crippen molar-refractivity contribution in [2.75, 3.05) is 0 Å². The van der Waals surface area contributed by atoms with E-state index >= 15 is 0 Å². The van der Waals surface area contributed by atoms with Crippen LogP contribution in [0.15, 0.2) is 48.0 Å². The zero-order valence-corrected chi connectivity index (χ0v) is 8.43. The molecule has 0 N–H and O–H groups in total. The van der Waals surface area contributed by atoms with E-state index in [9.17, 15) is 4.79 Å². The first-order valence-corrected chi connectivity index (χ1v) is 4.67. The van der Waals surface area contributed by atoms with Gasteiger partial charge in [-0.1, -0.05) is 36.4 Å². The number of carbonyl (C=O) groups is 1. The summed E-state index contributed by atoms with van der Waals surface area (Å²) >= 11 is 0. The second kappa shape index (κ2) is 6.54. The van der Waals surface area contributed by atoms with Crippen LogP contribution in [0.25, 0.3) is 0 Å². The molecule has 0 bridgehead atoms. The Balaban J connectivity index is 2.31. The van der Waals surface area contributed by atoms with Crippen LogP contribution in [0.5, 0.6) is 0 Å². The Labute approximate surface area is 89.1 Å². The van der Waals surface area contributed by atoms with Gasteiger partial charge in [-0.3, -0.25) is 0 Å². The Morgan fingerprint density at radius 2 is 2.13 bits per heavy atom. The van der Waals surface area contributed by atoms with E-state index in [-0.39, 0.29) is 6.61 Å². The fraction of sp³-hybridized carbons (Fsp3) is 0.167. The van der Waals surface area contributed by atoms with Crippen LogP contribution in [0, 0.1) is 0 Å². The molecule has 1 aromatic carbocycles. The van der Waals surface area contributed by atoms with Gasteiger partial charge in [0.2, 0.25) is 0 Å². The highest BCUT2D eigenvalue weighted by Crippen LogP contribution is 2.01. The number of allylic oxidation sites excluding steroid dienone is 1. The van der Waals surface area contributed by atoms with Crippen LogP contribution in [0.3, 0.4) is 0 Å². The Morgan fingerprint density at radius 3 is 2.80 bits per heavy atom. The highest BCUT2D eigenvalue weighted by molar-refractivity contribution is 5.79. The van der Waals surface area contributed by atoms with Crippen molar-refractivity contribution in [1.29, 1.82) is 0 Å². The quantitative estimate of drug-likeness (QED) is 0.557. The lowest BCUT2D eigenvalue weighted by atomic mass is 10.2. The SMILES string of the molecule is C=CCC=NC(=O)OCc1ccccc1. The van der Waals surface area contributed by atoms with Gasteiger partial charge < -0.3 is 4.74 Å². The van der Waals surface area contributed by atoms with Gasteiger partial charge in [-0.25, -0.2) is 4.79 Å². The van der Waals surface area contributed by atoms with Crippen LogP contribution in [0.1, 0.15) is 12.0 Å². The van der Waals surface area contributed by atoms with Crippen molar-refractivity contribution in [2.45, 2.75) is 13.0 Å². The van der Waals surface area contributed by atoms with Gasteiger partial charge in [0.05, 0.1) is 0 Å². The van der Waals surface area contributed by atoms with Crippen LogP contribution < -0.4 is 0 Å². The number of amides is 1. The third kappa shape index (κ3) is 4.76. The van der Waals surface area contributed by atoms with Gasteiger partial charge in [0.25, 0.3) is 0 Å². The molecule has 0 spiro atoms. The van der Waals surface area contributed by atoms with Crippen LogP contribution in [0.4, 0.5) is 4.79 Å². The molecule has 0 aromatic heterocycles. The molecule has 3 nitrogen and oxygen atoms in total. The van der Waals surface area contributed by atoms with E-state index in [4.69, 9.17) is 4.74 Å². The standard InChI is InChI=1S/C12H13NO2/c1-2-3-9-13-12(14)15-10-11-7-5-4-6-8-11/h2,4-9H,1,3,10H2. The Hall–Kier alpha value is -1.90. The molecule has 0 aliphatic carbocycles. The molecule has 1 aromatic rings. The molecule has 3 heteroatoms. The summed E-state index contributed by atoms with van der Waals surface area (Å²) < 4.78 is 4.90. The van der Waals surface area contributed by atoms with E-state index in [0.717, 1.165) is 5.56 Å². The van der Waals surface area contributed by atoms with Gasteiger partial charge in [-0.15, -0.1) is 6.58 Å². The minimum atomic E-state index is -0.569. The highest BCUT2D eigenvalue weighted by Gasteiger charge is 1.98. The number of aliphatic imine (C=N–C) groups is 1. The summed E-state index contributed by atoms with van der Waals surface area (Å²) in [6.45, 7) is 3.76. The van der Waals surface area contributed by atoms with E-state index in [2.05, 4.69) is 11.6 Å². The normalized spacial score (nSPS) is 10.1. The molecule has 0 atom stereocenters. The third-order valence-electron chi connectivity index (χ3n) is 1.67. The van der Waals surface area contributed by atoms with Gasteiger partial charge in [0.15, 0.2) is 0 Å². The monoisotopic (exact) mass is 203 g/mol. The molecule has 1 amide bonds. The lowest BCUT2D eigenvalue weighted by molar-refractivity contribution is 0.151. The Kier molecular flexibility index (Phi) is 4.87. The van der Waals surface area contributed by atoms with Gasteiger partial charge in [-0.2, -0.15) is 4.99 Å². The first-order valence-electron chi connectivity index (χ1n) is 4.67. The number of ether oxygens (including phenoxy) is 1. The van der Waals surface area contributed by atoms with Gasteiger partial charge in [0.1, 0.15) is 6.61 Å². The van der Waals surface area contributed by atoms with E-state index in [1.54, 1.807) is 6.08 Å². The molecule has 0 unspecified atom stereocenters. The lowest BCUT2D eigenvalue weighted by Crippen LogP contribution is -1.99. The molecule has 0 aliphatic heterocycles. The van der Waals surface area contributed by atoms with Crippen LogP contribution >= 0.6 is 0 Å². The third-order valence-corrected chi connectivity index (χ3v) is 1.67. The van der Waals surface area contributed by atoms with Gasteiger partial charge in [0, 0.05) is 12.6 Å². The molecule has 0 fully saturated rings. The zero-order valence-electron chi connectivity index (χ0n) is 8.43. The van der Waals surface area contributed by atoms with Crippen LogP contribution in [0.2, 0.25) is 0 Å². The van der Waals surface area contributed by atoms with E-state index in [0.29, 0.717) is 6.42 Å². The smallest absolute Gasteiger partial charge is 0.433 e. The first-order chi connectivity index (χ1) is 7.33. The maximum absolute atomic E-state index is 11.0. The Bertz CT molecular complexity index is 344. The van der Waals surface area contributed by atoms with Crippen molar-refractivity contribution < 1.29 is 9.53 Å². The number of hydrogen-bond acceptors (Lipinski definition) is 2. The van der Waals surface area contributed by atoms with Crippen molar-refractivity contribution in [3.8, 4) is 0 Å². The molecule has 0 heterocycles. The van der Waals surface area contributed by atoms with Crippen molar-refractivity contribution in [3.05, 3.63) is 48.6 Å². The minimum Gasteiger partial charge on any atom is -0.443 e. The predicted molar refractivity (Wildman–Crippen MR) is 59.9 cm³/mol. The lowest BCUT2D eigenvalue weighted by Gasteiger charge is -2.00. The average Bonchev–Trinajstić information content (AvgIpc) is 2.28. The average molecular weight is 203 g/mol. The summed E-state index contributed by atoms with van der Waals surface area (Å²) in [6, 6.07) is 9.48. The summed E-state index contributed by atoms with van der Waals surface area (Å²) in [5.74, 6) is 0. The molecule has 0 aliphatic rings. The summed E-state index contributed by atoms with van der Waals surface area (Å²) in [7, 11) is 0. The molecular formula is C12H13NO2. The number of hydrogen-bond donors (Lipinski definition) is 0. The molecule has 1 rings (SSSR count). The topological polar surface area (TPSA) is 38.7 Å². The van der Waals surface area contributed by atoms with Crippen LogP contribution in [-0.4, -0.2) is 12.3 Å². The number of carbonyl (C=O) groups excluding carboxylic acids is 1. The maximum Gasteiger partial charge on any atom is 0.433 e. The fourth-order valence-electron chi connectivity index (χ4n) is 0.958. The van der Waals surface area contributed by atoms with Crippen molar-refractivity contribution in [2.24, 2.45) is 4.99 Å². The first kappa shape index (κ1) is 11.2. The van der Waals surface area contributed by atoms with E-state index in [1.165, 1.54) is 6.21 Å². The maximum atomic E-state index is 11.0. The number of rotatable bonds is 4. The van der Waals surface area contributed by atoms with Crippen LogP contribution in [-0.2, 0) is 11.3 Å². The second-order valence-corrected chi connectivity index (χ2v) is 2.88. The minimum absolute atomic E-state index is 0.255. The summed E-state index contributed by atoms with van der Waals surface area (Å²) in [6.07, 6.45) is 3.13. The summed E-state index contributed by atoms with van der Waals surface area (Å²) in [5.41, 5.74) is 0.949. The molecular weight excluding hydrogens is 190 g/mol. The molecule has 15 heavy (non-hydrogen) atoms. The van der Waals surface area contributed by atoms with E-state index in [1.807, 2.05) is 30.3 Å². The molecule has 0 radical (unpaired) electrons. The zero-order chi connectivity index (χ0) is 10.9. The van der Waals surface area contributed by atoms with Crippen molar-refractivity contribution >= 4 is 12.3 Å². The highest BCUT2D eigenvalue weighted by atomic mass is 16.5. The van der Waals surface area contributed by atoms with E-state index < -0.39 is 6.09 Å². The number of nitrogens with zero attached hydrogens (tertiary/aromatic N) is 1. The molecule has 78 valence electrons. The van der Waals surface area contributed by atoms with Crippen molar-refractivity contribution in [1.82, 2.24) is 0 Å². The number of benzene rings is 1. The molecule has 0 saturated carbocycles. The summed E-state index contributed by atoms with van der Waals surface area (Å²) in [5, 5.41) is 0. The fourth-order valence-corrected chi connectivity index (χ4v) is 0.958. The van der Waals surface area contributed by atoms with Crippen molar-refractivity contribution in [3.63, 3.8) is 0 Å². The summed E-state index contributed by atoms with van der Waals surface area (Å²) in [4.78, 5) is 14.6.